The van der Waals surface area contributed by atoms with Crippen LogP contribution >= 0.6 is 23.2 Å². The fourth-order valence-corrected chi connectivity index (χ4v) is 2.04. The van der Waals surface area contributed by atoms with E-state index in [0.29, 0.717) is 15.6 Å². The first-order chi connectivity index (χ1) is 9.66. The molecular weight excluding hydrogens is 297 g/mol. The van der Waals surface area contributed by atoms with Crippen molar-refractivity contribution in [2.24, 2.45) is 5.10 Å². The summed E-state index contributed by atoms with van der Waals surface area (Å²) in [6.45, 7) is 0.189. The smallest absolute Gasteiger partial charge is 0.266 e. The van der Waals surface area contributed by atoms with E-state index in [1.165, 1.54) is 6.21 Å². The van der Waals surface area contributed by atoms with Gasteiger partial charge in [0.2, 0.25) is 6.54 Å². The van der Waals surface area contributed by atoms with Crippen LogP contribution in [0.3, 0.4) is 0 Å². The van der Waals surface area contributed by atoms with Crippen molar-refractivity contribution < 1.29 is 9.36 Å². The number of benzene rings is 1. The van der Waals surface area contributed by atoms with Crippen LogP contribution in [0.4, 0.5) is 0 Å². The topological polar surface area (TPSA) is 45.3 Å². The Morgan fingerprint density at radius 1 is 1.15 bits per heavy atom. The van der Waals surface area contributed by atoms with E-state index in [-0.39, 0.29) is 12.5 Å². The van der Waals surface area contributed by atoms with Gasteiger partial charge in [0.15, 0.2) is 12.4 Å². The van der Waals surface area contributed by atoms with Gasteiger partial charge in [-0.2, -0.15) is 9.67 Å². The van der Waals surface area contributed by atoms with Gasteiger partial charge in [0.1, 0.15) is 0 Å². The Hall–Kier alpha value is -1.91. The number of carbonyl (C=O) groups excluding carboxylic acids is 1. The first-order valence-electron chi connectivity index (χ1n) is 5.87. The van der Waals surface area contributed by atoms with Crippen molar-refractivity contribution in [3.63, 3.8) is 0 Å². The molecule has 0 saturated heterocycles. The number of pyridine rings is 1. The van der Waals surface area contributed by atoms with E-state index in [1.807, 2.05) is 18.2 Å². The molecule has 0 aliphatic rings. The van der Waals surface area contributed by atoms with Gasteiger partial charge >= 0.3 is 5.91 Å². The highest BCUT2D eigenvalue weighted by Gasteiger charge is 2.07. The van der Waals surface area contributed by atoms with Crippen LogP contribution in [0.15, 0.2) is 53.9 Å². The summed E-state index contributed by atoms with van der Waals surface area (Å²) in [4.78, 5) is 11.7. The van der Waals surface area contributed by atoms with Crippen LogP contribution in [0, 0.1) is 0 Å². The molecule has 2 aromatic rings. The Kier molecular flexibility index (Phi) is 5.09. The number of hydrazone groups is 1. The second kappa shape index (κ2) is 7.03. The first-order valence-corrected chi connectivity index (χ1v) is 6.62. The molecule has 102 valence electrons. The summed E-state index contributed by atoms with van der Waals surface area (Å²) in [5.74, 6) is -0.236. The SMILES string of the molecule is O=C(C[n+]1ccccc1)NN=Cc1c(Cl)cccc1Cl. The van der Waals surface area contributed by atoms with Crippen LogP contribution in [0.2, 0.25) is 10.0 Å². The normalized spacial score (nSPS) is 10.7. The van der Waals surface area contributed by atoms with Crippen molar-refractivity contribution in [1.29, 1.82) is 0 Å². The van der Waals surface area contributed by atoms with E-state index in [9.17, 15) is 4.79 Å². The summed E-state index contributed by atoms with van der Waals surface area (Å²) < 4.78 is 1.74. The van der Waals surface area contributed by atoms with Gasteiger partial charge in [-0.25, -0.2) is 5.43 Å². The third kappa shape index (κ3) is 4.05. The van der Waals surface area contributed by atoms with Crippen molar-refractivity contribution in [3.05, 3.63) is 64.4 Å². The molecule has 0 aliphatic carbocycles. The number of nitrogens with one attached hydrogen (secondary N) is 1. The highest BCUT2D eigenvalue weighted by atomic mass is 35.5. The molecular formula is C14H12Cl2N3O+. The Bertz CT molecular complexity index is 609. The summed E-state index contributed by atoms with van der Waals surface area (Å²) in [7, 11) is 0. The number of aromatic nitrogens is 1. The van der Waals surface area contributed by atoms with Crippen LogP contribution in [0.5, 0.6) is 0 Å². The van der Waals surface area contributed by atoms with Crippen molar-refractivity contribution in [2.45, 2.75) is 6.54 Å². The predicted molar refractivity (Wildman–Crippen MR) is 78.8 cm³/mol. The largest absolute Gasteiger partial charge is 0.305 e. The molecule has 0 unspecified atom stereocenters. The summed E-state index contributed by atoms with van der Waals surface area (Å²) in [5.41, 5.74) is 3.00. The van der Waals surface area contributed by atoms with Gasteiger partial charge in [0.05, 0.1) is 16.3 Å². The van der Waals surface area contributed by atoms with Gasteiger partial charge in [-0.05, 0) is 12.1 Å². The molecule has 0 saturated carbocycles. The minimum atomic E-state index is -0.236. The maximum atomic E-state index is 11.7. The quantitative estimate of drug-likeness (QED) is 0.526. The number of hydrogen-bond donors (Lipinski definition) is 1. The van der Waals surface area contributed by atoms with E-state index in [4.69, 9.17) is 23.2 Å². The van der Waals surface area contributed by atoms with Crippen molar-refractivity contribution in [2.75, 3.05) is 0 Å². The molecule has 0 radical (unpaired) electrons. The van der Waals surface area contributed by atoms with Crippen molar-refractivity contribution >= 4 is 35.3 Å². The molecule has 20 heavy (non-hydrogen) atoms. The van der Waals surface area contributed by atoms with Crippen LogP contribution in [0.1, 0.15) is 5.56 Å². The summed E-state index contributed by atoms with van der Waals surface area (Å²) in [5, 5.41) is 4.81. The number of hydrogen-bond acceptors (Lipinski definition) is 2. The Labute approximate surface area is 126 Å². The third-order valence-corrected chi connectivity index (χ3v) is 3.15. The zero-order valence-corrected chi connectivity index (χ0v) is 12.0. The second-order valence-corrected chi connectivity index (χ2v) is 4.79. The molecule has 4 nitrogen and oxygen atoms in total. The average Bonchev–Trinajstić information content (AvgIpc) is 2.43. The van der Waals surface area contributed by atoms with E-state index in [0.717, 1.165) is 0 Å². The monoisotopic (exact) mass is 308 g/mol. The van der Waals surface area contributed by atoms with Crippen LogP contribution in [-0.2, 0) is 11.3 Å². The standard InChI is InChI=1S/C14H11Cl2N3O/c15-12-5-4-6-13(16)11(12)9-17-18-14(20)10-19-7-2-1-3-8-19/h1-9H,10H2/p+1. The molecule has 0 aliphatic heterocycles. The van der Waals surface area contributed by atoms with Gasteiger partial charge in [0.25, 0.3) is 0 Å². The molecule has 1 aromatic heterocycles. The number of nitrogens with zero attached hydrogens (tertiary/aromatic N) is 2. The molecule has 1 aromatic carbocycles. The summed E-state index contributed by atoms with van der Waals surface area (Å²) in [6.07, 6.45) is 5.03. The molecule has 1 heterocycles. The molecule has 0 spiro atoms. The molecule has 1 N–H and O–H groups in total. The zero-order chi connectivity index (χ0) is 14.4. The number of halogens is 2. The first kappa shape index (κ1) is 14.5. The van der Waals surface area contributed by atoms with Gasteiger partial charge < -0.3 is 0 Å². The second-order valence-electron chi connectivity index (χ2n) is 3.98. The third-order valence-electron chi connectivity index (χ3n) is 2.49. The zero-order valence-electron chi connectivity index (χ0n) is 10.5. The molecule has 0 bridgehead atoms. The lowest BCUT2D eigenvalue weighted by molar-refractivity contribution is -0.684. The van der Waals surface area contributed by atoms with E-state index in [2.05, 4.69) is 10.5 Å². The maximum absolute atomic E-state index is 11.7. The lowest BCUT2D eigenvalue weighted by Gasteiger charge is -2.00. The average molecular weight is 309 g/mol. The minimum Gasteiger partial charge on any atom is -0.266 e. The Balaban J connectivity index is 1.95. The van der Waals surface area contributed by atoms with Crippen LogP contribution in [0.25, 0.3) is 0 Å². The Morgan fingerprint density at radius 3 is 2.45 bits per heavy atom. The maximum Gasteiger partial charge on any atom is 0.305 e. The lowest BCUT2D eigenvalue weighted by atomic mass is 10.2. The van der Waals surface area contributed by atoms with Crippen molar-refractivity contribution in [1.82, 2.24) is 5.43 Å². The van der Waals surface area contributed by atoms with E-state index < -0.39 is 0 Å². The molecule has 0 atom stereocenters. The summed E-state index contributed by atoms with van der Waals surface area (Å²) >= 11 is 12.0. The van der Waals surface area contributed by atoms with Crippen LogP contribution in [-0.4, -0.2) is 12.1 Å². The van der Waals surface area contributed by atoms with Gasteiger partial charge in [-0.15, -0.1) is 0 Å². The predicted octanol–water partition coefficient (Wildman–Crippen LogP) is 2.43. The Morgan fingerprint density at radius 2 is 1.80 bits per heavy atom. The highest BCUT2D eigenvalue weighted by Crippen LogP contribution is 2.21. The van der Waals surface area contributed by atoms with Gasteiger partial charge in [-0.1, -0.05) is 35.3 Å². The van der Waals surface area contributed by atoms with Gasteiger partial charge in [-0.3, -0.25) is 4.79 Å². The fraction of sp³-hybridized carbons (Fsp3) is 0.0714. The minimum absolute atomic E-state index is 0.189. The molecule has 6 heteroatoms. The summed E-state index contributed by atoms with van der Waals surface area (Å²) in [6, 6.07) is 10.7. The molecule has 2 rings (SSSR count). The van der Waals surface area contributed by atoms with Crippen LogP contribution < -0.4 is 9.99 Å². The number of amides is 1. The van der Waals surface area contributed by atoms with Crippen molar-refractivity contribution in [3.8, 4) is 0 Å². The fourth-order valence-electron chi connectivity index (χ4n) is 1.54. The lowest BCUT2D eigenvalue weighted by Crippen LogP contribution is -2.40. The molecule has 1 amide bonds. The highest BCUT2D eigenvalue weighted by molar-refractivity contribution is 6.38. The van der Waals surface area contributed by atoms with E-state index >= 15 is 0 Å². The van der Waals surface area contributed by atoms with Gasteiger partial charge in [0, 0.05) is 17.7 Å². The number of rotatable bonds is 4. The number of carbonyl (C=O) groups is 1. The van der Waals surface area contributed by atoms with E-state index in [1.54, 1.807) is 35.2 Å². The molecule has 0 fully saturated rings.